The van der Waals surface area contributed by atoms with Crippen LogP contribution in [0.15, 0.2) is 12.1 Å². The molecule has 0 heterocycles. The molecule has 1 rings (SSSR count). The number of carboxylic acid groups (broad SMARTS) is 1. The zero-order valence-electron chi connectivity index (χ0n) is 9.57. The zero-order valence-corrected chi connectivity index (χ0v) is 10.3. The third-order valence-electron chi connectivity index (χ3n) is 2.32. The molecule has 1 atom stereocenters. The van der Waals surface area contributed by atoms with E-state index in [0.717, 1.165) is 0 Å². The Balaban J connectivity index is 3.06. The first-order chi connectivity index (χ1) is 8.01. The molecule has 0 aromatic heterocycles. The molecule has 0 fully saturated rings. The van der Waals surface area contributed by atoms with Crippen LogP contribution in [-0.2, 0) is 11.2 Å². The number of carboxylic acids is 1. The number of hydrogen-bond acceptors (Lipinski definition) is 4. The zero-order chi connectivity index (χ0) is 13.0. The maximum Gasteiger partial charge on any atom is 0.320 e. The SMILES string of the molecule is COc1ccc(C[C@@H](N)C(=O)O)c(Cl)c1OC. The van der Waals surface area contributed by atoms with Crippen molar-refractivity contribution in [2.24, 2.45) is 5.73 Å². The van der Waals surface area contributed by atoms with Crippen LogP contribution >= 0.6 is 11.6 Å². The van der Waals surface area contributed by atoms with Gasteiger partial charge in [-0.15, -0.1) is 0 Å². The van der Waals surface area contributed by atoms with Crippen molar-refractivity contribution in [2.45, 2.75) is 12.5 Å². The first kappa shape index (κ1) is 13.6. The fourth-order valence-corrected chi connectivity index (χ4v) is 1.72. The number of aliphatic carboxylic acids is 1. The van der Waals surface area contributed by atoms with Crippen molar-refractivity contribution in [1.82, 2.24) is 0 Å². The second-order valence-corrected chi connectivity index (χ2v) is 3.80. The third kappa shape index (κ3) is 3.01. The summed E-state index contributed by atoms with van der Waals surface area (Å²) in [7, 11) is 2.96. The number of hydrogen-bond donors (Lipinski definition) is 2. The molecule has 5 nitrogen and oxygen atoms in total. The first-order valence-electron chi connectivity index (χ1n) is 4.89. The largest absolute Gasteiger partial charge is 0.493 e. The third-order valence-corrected chi connectivity index (χ3v) is 2.74. The van der Waals surface area contributed by atoms with Gasteiger partial charge < -0.3 is 20.3 Å². The Morgan fingerprint density at radius 3 is 2.59 bits per heavy atom. The van der Waals surface area contributed by atoms with Gasteiger partial charge in [0.25, 0.3) is 0 Å². The lowest BCUT2D eigenvalue weighted by Gasteiger charge is -2.14. The Labute approximate surface area is 104 Å². The fourth-order valence-electron chi connectivity index (χ4n) is 1.41. The van der Waals surface area contributed by atoms with Crippen molar-refractivity contribution < 1.29 is 19.4 Å². The molecule has 0 spiro atoms. The predicted octanol–water partition coefficient (Wildman–Crippen LogP) is 1.31. The molecule has 0 aliphatic rings. The fraction of sp³-hybridized carbons (Fsp3) is 0.364. The van der Waals surface area contributed by atoms with Gasteiger partial charge >= 0.3 is 5.97 Å². The van der Waals surface area contributed by atoms with Crippen LogP contribution in [-0.4, -0.2) is 31.3 Å². The molecular formula is C11H14ClNO4. The van der Waals surface area contributed by atoms with Gasteiger partial charge in [-0.2, -0.15) is 0 Å². The average Bonchev–Trinajstić information content (AvgIpc) is 2.31. The van der Waals surface area contributed by atoms with Gasteiger partial charge in [0.2, 0.25) is 0 Å². The number of carbonyl (C=O) groups is 1. The standard InChI is InChI=1S/C11H14ClNO4/c1-16-8-4-3-6(5-7(13)11(14)15)9(12)10(8)17-2/h3-4,7H,5,13H2,1-2H3,(H,14,15)/t7-/m1/s1. The molecule has 0 aliphatic heterocycles. The molecule has 94 valence electrons. The smallest absolute Gasteiger partial charge is 0.320 e. The van der Waals surface area contributed by atoms with Crippen molar-refractivity contribution in [2.75, 3.05) is 14.2 Å². The minimum Gasteiger partial charge on any atom is -0.493 e. The molecule has 1 aromatic carbocycles. The minimum absolute atomic E-state index is 0.133. The molecule has 0 saturated carbocycles. The van der Waals surface area contributed by atoms with Gasteiger partial charge in [0.15, 0.2) is 11.5 Å². The van der Waals surface area contributed by atoms with Crippen LogP contribution < -0.4 is 15.2 Å². The van der Waals surface area contributed by atoms with E-state index in [1.807, 2.05) is 0 Å². The van der Waals surface area contributed by atoms with E-state index in [1.54, 1.807) is 12.1 Å². The summed E-state index contributed by atoms with van der Waals surface area (Å²) in [5.74, 6) is -0.203. The number of halogens is 1. The molecular weight excluding hydrogens is 246 g/mol. The van der Waals surface area contributed by atoms with E-state index in [4.69, 9.17) is 31.9 Å². The summed E-state index contributed by atoms with van der Waals surface area (Å²) in [6.45, 7) is 0. The molecule has 0 amide bonds. The van der Waals surface area contributed by atoms with E-state index < -0.39 is 12.0 Å². The number of benzene rings is 1. The highest BCUT2D eigenvalue weighted by Gasteiger charge is 2.18. The van der Waals surface area contributed by atoms with Crippen LogP contribution in [0.3, 0.4) is 0 Å². The highest BCUT2D eigenvalue weighted by Crippen LogP contribution is 2.37. The van der Waals surface area contributed by atoms with Gasteiger partial charge in [0.05, 0.1) is 19.2 Å². The monoisotopic (exact) mass is 259 g/mol. The minimum atomic E-state index is -1.07. The lowest BCUT2D eigenvalue weighted by atomic mass is 10.1. The topological polar surface area (TPSA) is 81.8 Å². The van der Waals surface area contributed by atoms with Crippen molar-refractivity contribution in [3.63, 3.8) is 0 Å². The number of ether oxygens (including phenoxy) is 2. The van der Waals surface area contributed by atoms with E-state index in [2.05, 4.69) is 0 Å². The average molecular weight is 260 g/mol. The summed E-state index contributed by atoms with van der Waals surface area (Å²) in [4.78, 5) is 10.7. The Bertz CT molecular complexity index is 422. The quantitative estimate of drug-likeness (QED) is 0.833. The van der Waals surface area contributed by atoms with Gasteiger partial charge in [-0.1, -0.05) is 17.7 Å². The molecule has 17 heavy (non-hydrogen) atoms. The van der Waals surface area contributed by atoms with Crippen LogP contribution in [0, 0.1) is 0 Å². The van der Waals surface area contributed by atoms with E-state index >= 15 is 0 Å². The van der Waals surface area contributed by atoms with Gasteiger partial charge in [-0.25, -0.2) is 0 Å². The number of methoxy groups -OCH3 is 2. The van der Waals surface area contributed by atoms with Gasteiger partial charge in [0.1, 0.15) is 6.04 Å². The van der Waals surface area contributed by atoms with Crippen LogP contribution in [0.2, 0.25) is 5.02 Å². The van der Waals surface area contributed by atoms with Crippen LogP contribution in [0.1, 0.15) is 5.56 Å². The lowest BCUT2D eigenvalue weighted by Crippen LogP contribution is -2.32. The summed E-state index contributed by atoms with van der Waals surface area (Å²) in [6, 6.07) is 2.34. The first-order valence-corrected chi connectivity index (χ1v) is 5.26. The highest BCUT2D eigenvalue weighted by molar-refractivity contribution is 6.33. The molecule has 0 radical (unpaired) electrons. The summed E-state index contributed by atoms with van der Waals surface area (Å²) in [5, 5.41) is 9.06. The Hall–Kier alpha value is -1.46. The Kier molecular flexibility index (Phi) is 4.60. The number of nitrogens with two attached hydrogens (primary N) is 1. The molecule has 0 saturated heterocycles. The van der Waals surface area contributed by atoms with Crippen molar-refractivity contribution >= 4 is 17.6 Å². The summed E-state index contributed by atoms with van der Waals surface area (Å²) >= 11 is 6.09. The predicted molar refractivity (Wildman–Crippen MR) is 63.9 cm³/mol. The van der Waals surface area contributed by atoms with Crippen molar-refractivity contribution in [3.8, 4) is 11.5 Å². The summed E-state index contributed by atoms with van der Waals surface area (Å²) in [5.41, 5.74) is 6.06. The van der Waals surface area contributed by atoms with Crippen LogP contribution in [0.4, 0.5) is 0 Å². The van der Waals surface area contributed by atoms with Gasteiger partial charge in [0, 0.05) is 0 Å². The Morgan fingerprint density at radius 1 is 1.47 bits per heavy atom. The molecule has 3 N–H and O–H groups in total. The summed E-state index contributed by atoms with van der Waals surface area (Å²) < 4.78 is 10.2. The van der Waals surface area contributed by atoms with Gasteiger partial charge in [-0.05, 0) is 18.1 Å². The second kappa shape index (κ2) is 5.75. The molecule has 0 unspecified atom stereocenters. The Morgan fingerprint density at radius 2 is 2.12 bits per heavy atom. The summed E-state index contributed by atoms with van der Waals surface area (Å²) in [6.07, 6.45) is 0.133. The van der Waals surface area contributed by atoms with Crippen molar-refractivity contribution in [1.29, 1.82) is 0 Å². The van der Waals surface area contributed by atoms with E-state index in [0.29, 0.717) is 22.1 Å². The molecule has 1 aromatic rings. The van der Waals surface area contributed by atoms with Crippen LogP contribution in [0.25, 0.3) is 0 Å². The number of rotatable bonds is 5. The lowest BCUT2D eigenvalue weighted by molar-refractivity contribution is -0.138. The van der Waals surface area contributed by atoms with E-state index in [-0.39, 0.29) is 6.42 Å². The van der Waals surface area contributed by atoms with E-state index in [9.17, 15) is 4.79 Å². The van der Waals surface area contributed by atoms with E-state index in [1.165, 1.54) is 14.2 Å². The van der Waals surface area contributed by atoms with Crippen molar-refractivity contribution in [3.05, 3.63) is 22.7 Å². The molecule has 6 heteroatoms. The molecule has 0 bridgehead atoms. The maximum atomic E-state index is 10.7. The second-order valence-electron chi connectivity index (χ2n) is 3.42. The van der Waals surface area contributed by atoms with Crippen LogP contribution in [0.5, 0.6) is 11.5 Å². The maximum absolute atomic E-state index is 10.7. The normalized spacial score (nSPS) is 12.0. The van der Waals surface area contributed by atoms with Gasteiger partial charge in [-0.3, -0.25) is 4.79 Å². The molecule has 0 aliphatic carbocycles. The highest BCUT2D eigenvalue weighted by atomic mass is 35.5.